The molecule has 3 aromatic rings. The van der Waals surface area contributed by atoms with Gasteiger partial charge in [-0.1, -0.05) is 12.1 Å². The van der Waals surface area contributed by atoms with Crippen LogP contribution in [0.4, 0.5) is 15.8 Å². The summed E-state index contributed by atoms with van der Waals surface area (Å²) >= 11 is 0. The van der Waals surface area contributed by atoms with Gasteiger partial charge in [0.15, 0.2) is 0 Å². The number of fused-ring (bicyclic) bond motifs is 1. The molecule has 120 valence electrons. The normalized spacial score (nSPS) is 19.2. The minimum atomic E-state index is -0.402. The van der Waals surface area contributed by atoms with Crippen molar-refractivity contribution in [1.29, 1.82) is 0 Å². The molecule has 6 heteroatoms. The Morgan fingerprint density at radius 3 is 2.88 bits per heavy atom. The second-order valence-electron chi connectivity index (χ2n) is 5.96. The number of pyridine rings is 1. The van der Waals surface area contributed by atoms with E-state index in [0.29, 0.717) is 5.39 Å². The molecule has 0 saturated heterocycles. The molecule has 1 fully saturated rings. The minimum absolute atomic E-state index is 0.0427. The van der Waals surface area contributed by atoms with E-state index in [4.69, 9.17) is 0 Å². The standard InChI is InChI=1S/C18H14FN3O2/c19-12-3-1-2-11(8-12)14-9-17(14)21-16-4-5-18(22(23)24)15-10-20-7-6-13(15)16/h1-8,10,14,17,21H,9H2/t14-,17+/m0/s1. The Morgan fingerprint density at radius 1 is 1.21 bits per heavy atom. The van der Waals surface area contributed by atoms with E-state index in [-0.39, 0.29) is 23.5 Å². The number of nitro benzene ring substituents is 1. The summed E-state index contributed by atoms with van der Waals surface area (Å²) in [6, 6.07) is 11.8. The number of hydrogen-bond acceptors (Lipinski definition) is 4. The minimum Gasteiger partial charge on any atom is -0.381 e. The Hall–Kier alpha value is -3.02. The SMILES string of the molecule is O=[N+]([O-])c1ccc(N[C@@H]2C[C@H]2c2cccc(F)c2)c2ccncc12. The van der Waals surface area contributed by atoms with Gasteiger partial charge in [0.2, 0.25) is 0 Å². The topological polar surface area (TPSA) is 68.1 Å². The van der Waals surface area contributed by atoms with E-state index in [1.165, 1.54) is 18.3 Å². The van der Waals surface area contributed by atoms with Gasteiger partial charge in [-0.3, -0.25) is 15.1 Å². The van der Waals surface area contributed by atoms with Crippen molar-refractivity contribution in [2.24, 2.45) is 0 Å². The molecule has 1 N–H and O–H groups in total. The molecule has 0 bridgehead atoms. The van der Waals surface area contributed by atoms with E-state index in [0.717, 1.165) is 23.1 Å². The Balaban J connectivity index is 1.63. The lowest BCUT2D eigenvalue weighted by Gasteiger charge is -2.10. The first-order chi connectivity index (χ1) is 11.6. The second-order valence-corrected chi connectivity index (χ2v) is 5.96. The van der Waals surface area contributed by atoms with Gasteiger partial charge >= 0.3 is 0 Å². The van der Waals surface area contributed by atoms with Gasteiger partial charge in [-0.2, -0.15) is 0 Å². The molecule has 0 unspecified atom stereocenters. The predicted molar refractivity (Wildman–Crippen MR) is 89.6 cm³/mol. The molecule has 0 amide bonds. The van der Waals surface area contributed by atoms with Gasteiger partial charge in [-0.05, 0) is 36.2 Å². The summed E-state index contributed by atoms with van der Waals surface area (Å²) in [5.74, 6) is 0.0257. The summed E-state index contributed by atoms with van der Waals surface area (Å²) < 4.78 is 13.3. The van der Waals surface area contributed by atoms with Crippen molar-refractivity contribution < 1.29 is 9.31 Å². The van der Waals surface area contributed by atoms with Crippen molar-refractivity contribution in [3.05, 3.63) is 76.4 Å². The van der Waals surface area contributed by atoms with Gasteiger partial charge in [0.1, 0.15) is 5.82 Å². The molecule has 0 spiro atoms. The Morgan fingerprint density at radius 2 is 2.08 bits per heavy atom. The van der Waals surface area contributed by atoms with E-state index < -0.39 is 4.92 Å². The highest BCUT2D eigenvalue weighted by atomic mass is 19.1. The van der Waals surface area contributed by atoms with Crippen LogP contribution in [-0.4, -0.2) is 15.9 Å². The molecular weight excluding hydrogens is 309 g/mol. The van der Waals surface area contributed by atoms with Crippen molar-refractivity contribution in [3.8, 4) is 0 Å². The van der Waals surface area contributed by atoms with Gasteiger partial charge in [0, 0.05) is 41.5 Å². The van der Waals surface area contributed by atoms with Gasteiger partial charge in [-0.15, -0.1) is 0 Å². The lowest BCUT2D eigenvalue weighted by Crippen LogP contribution is -2.05. The van der Waals surface area contributed by atoms with E-state index in [1.807, 2.05) is 6.07 Å². The highest BCUT2D eigenvalue weighted by Crippen LogP contribution is 2.44. The number of anilines is 1. The molecule has 1 aliphatic rings. The predicted octanol–water partition coefficient (Wildman–Crippen LogP) is 4.25. The van der Waals surface area contributed by atoms with E-state index in [1.54, 1.807) is 30.5 Å². The fourth-order valence-electron chi connectivity index (χ4n) is 3.12. The third-order valence-electron chi connectivity index (χ3n) is 4.40. The number of nitro groups is 1. The number of non-ortho nitro benzene ring substituents is 1. The molecular formula is C18H14FN3O2. The third kappa shape index (κ3) is 2.56. The monoisotopic (exact) mass is 323 g/mol. The number of nitrogens with one attached hydrogen (secondary N) is 1. The van der Waals surface area contributed by atoms with Crippen molar-refractivity contribution in [2.45, 2.75) is 18.4 Å². The highest BCUT2D eigenvalue weighted by Gasteiger charge is 2.38. The van der Waals surface area contributed by atoms with Crippen molar-refractivity contribution in [2.75, 3.05) is 5.32 Å². The largest absolute Gasteiger partial charge is 0.381 e. The molecule has 24 heavy (non-hydrogen) atoms. The third-order valence-corrected chi connectivity index (χ3v) is 4.40. The lowest BCUT2D eigenvalue weighted by atomic mass is 10.1. The molecule has 1 aliphatic carbocycles. The van der Waals surface area contributed by atoms with E-state index in [9.17, 15) is 14.5 Å². The number of hydrogen-bond donors (Lipinski definition) is 1. The summed E-state index contributed by atoms with van der Waals surface area (Å²) in [7, 11) is 0. The smallest absolute Gasteiger partial charge is 0.278 e. The molecule has 5 nitrogen and oxygen atoms in total. The maximum Gasteiger partial charge on any atom is 0.278 e. The fraction of sp³-hybridized carbons (Fsp3) is 0.167. The van der Waals surface area contributed by atoms with Crippen molar-refractivity contribution in [3.63, 3.8) is 0 Å². The Labute approximate surface area is 137 Å². The molecule has 4 rings (SSSR count). The zero-order valence-corrected chi connectivity index (χ0v) is 12.6. The van der Waals surface area contributed by atoms with Crippen LogP contribution in [0.25, 0.3) is 10.8 Å². The summed E-state index contributed by atoms with van der Waals surface area (Å²) in [4.78, 5) is 14.7. The van der Waals surface area contributed by atoms with Crippen LogP contribution in [0, 0.1) is 15.9 Å². The molecule has 0 radical (unpaired) electrons. The summed E-state index contributed by atoms with van der Waals surface area (Å²) in [6.07, 6.45) is 4.04. The summed E-state index contributed by atoms with van der Waals surface area (Å²) in [5.41, 5.74) is 1.85. The zero-order valence-electron chi connectivity index (χ0n) is 12.6. The summed E-state index contributed by atoms with van der Waals surface area (Å²) in [6.45, 7) is 0. The quantitative estimate of drug-likeness (QED) is 0.576. The fourth-order valence-corrected chi connectivity index (χ4v) is 3.12. The molecule has 1 aromatic heterocycles. The van der Waals surface area contributed by atoms with Crippen LogP contribution in [0.3, 0.4) is 0 Å². The lowest BCUT2D eigenvalue weighted by molar-refractivity contribution is -0.383. The maximum atomic E-state index is 13.3. The molecule has 1 saturated carbocycles. The van der Waals surface area contributed by atoms with Crippen LogP contribution < -0.4 is 5.32 Å². The average molecular weight is 323 g/mol. The Kier molecular flexibility index (Phi) is 3.37. The van der Waals surface area contributed by atoms with Gasteiger partial charge < -0.3 is 5.32 Å². The first kappa shape index (κ1) is 14.6. The average Bonchev–Trinajstić information content (AvgIpc) is 3.34. The first-order valence-electron chi connectivity index (χ1n) is 7.66. The summed E-state index contributed by atoms with van der Waals surface area (Å²) in [5, 5.41) is 15.8. The first-order valence-corrected chi connectivity index (χ1v) is 7.66. The van der Waals surface area contributed by atoms with E-state index >= 15 is 0 Å². The van der Waals surface area contributed by atoms with Crippen LogP contribution >= 0.6 is 0 Å². The van der Waals surface area contributed by atoms with Crippen LogP contribution in [0.1, 0.15) is 17.9 Å². The number of rotatable bonds is 4. The van der Waals surface area contributed by atoms with Crippen LogP contribution in [0.2, 0.25) is 0 Å². The second kappa shape index (κ2) is 5.56. The molecule has 1 heterocycles. The van der Waals surface area contributed by atoms with Crippen LogP contribution in [0.15, 0.2) is 54.9 Å². The van der Waals surface area contributed by atoms with Crippen LogP contribution in [0.5, 0.6) is 0 Å². The van der Waals surface area contributed by atoms with Gasteiger partial charge in [-0.25, -0.2) is 4.39 Å². The number of halogens is 1. The molecule has 2 aromatic carbocycles. The van der Waals surface area contributed by atoms with Crippen LogP contribution in [-0.2, 0) is 0 Å². The number of benzene rings is 2. The van der Waals surface area contributed by atoms with Crippen molar-refractivity contribution in [1.82, 2.24) is 4.98 Å². The molecule has 2 atom stereocenters. The molecule has 0 aliphatic heterocycles. The Bertz CT molecular complexity index is 944. The zero-order chi connectivity index (χ0) is 16.7. The van der Waals surface area contributed by atoms with Crippen molar-refractivity contribution >= 4 is 22.1 Å². The number of nitrogens with zero attached hydrogens (tertiary/aromatic N) is 2. The maximum absolute atomic E-state index is 13.3. The van der Waals surface area contributed by atoms with Gasteiger partial charge in [0.05, 0.1) is 10.3 Å². The van der Waals surface area contributed by atoms with E-state index in [2.05, 4.69) is 10.3 Å². The van der Waals surface area contributed by atoms with Gasteiger partial charge in [0.25, 0.3) is 5.69 Å². The highest BCUT2D eigenvalue weighted by molar-refractivity contribution is 5.99. The number of aromatic nitrogens is 1.